The summed E-state index contributed by atoms with van der Waals surface area (Å²) in [4.78, 5) is 11.7. The van der Waals surface area contributed by atoms with Gasteiger partial charge in [-0.25, -0.2) is 0 Å². The number of hydrogen-bond donors (Lipinski definition) is 1. The smallest absolute Gasteiger partial charge is 0.373 e. The Morgan fingerprint density at radius 3 is 2.50 bits per heavy atom. The minimum atomic E-state index is -4.95. The molecule has 0 saturated carbocycles. The van der Waals surface area contributed by atoms with Crippen LogP contribution >= 0.6 is 0 Å². The van der Waals surface area contributed by atoms with Crippen molar-refractivity contribution in [2.45, 2.75) is 25.2 Å². The zero-order valence-corrected chi connectivity index (χ0v) is 9.44. The van der Waals surface area contributed by atoms with Crippen molar-refractivity contribution >= 4 is 5.91 Å². The summed E-state index contributed by atoms with van der Waals surface area (Å²) in [5.74, 6) is -1.98. The summed E-state index contributed by atoms with van der Waals surface area (Å²) in [5, 5.41) is 9.73. The van der Waals surface area contributed by atoms with Crippen molar-refractivity contribution in [3.8, 4) is 0 Å². The lowest BCUT2D eigenvalue weighted by Gasteiger charge is -2.26. The van der Waals surface area contributed by atoms with E-state index >= 15 is 0 Å². The van der Waals surface area contributed by atoms with E-state index in [0.29, 0.717) is 11.3 Å². The van der Waals surface area contributed by atoms with Gasteiger partial charge >= 0.3 is 12.1 Å². The van der Waals surface area contributed by atoms with Crippen molar-refractivity contribution in [2.24, 2.45) is 0 Å². The lowest BCUT2D eigenvalue weighted by atomic mass is 10.0. The Balaban J connectivity index is 2.22. The molecule has 0 radical (unpaired) electrons. The van der Waals surface area contributed by atoms with Crippen molar-refractivity contribution in [1.82, 2.24) is 4.90 Å². The molecule has 0 fully saturated rings. The first-order valence-electron chi connectivity index (χ1n) is 5.52. The van der Waals surface area contributed by atoms with Crippen molar-refractivity contribution in [3.63, 3.8) is 0 Å². The number of carbonyl (C=O) groups excluding carboxylic acids is 1. The molecular formula is C12H12F3NO2. The molecule has 1 heterocycles. The summed E-state index contributed by atoms with van der Waals surface area (Å²) >= 11 is 0. The van der Waals surface area contributed by atoms with E-state index in [1.54, 1.807) is 24.3 Å². The van der Waals surface area contributed by atoms with E-state index < -0.39 is 18.3 Å². The van der Waals surface area contributed by atoms with Crippen LogP contribution in [-0.4, -0.2) is 34.9 Å². The number of amides is 1. The van der Waals surface area contributed by atoms with Gasteiger partial charge in [-0.1, -0.05) is 24.3 Å². The maximum absolute atomic E-state index is 12.4. The molecule has 1 aliphatic heterocycles. The number of aliphatic hydroxyl groups excluding tert-OH is 1. The highest BCUT2D eigenvalue weighted by atomic mass is 19.4. The van der Waals surface area contributed by atoms with Crippen LogP contribution in [0.25, 0.3) is 0 Å². The largest absolute Gasteiger partial charge is 0.471 e. The predicted molar refractivity (Wildman–Crippen MR) is 57.6 cm³/mol. The van der Waals surface area contributed by atoms with Crippen LogP contribution in [0.2, 0.25) is 0 Å². The van der Waals surface area contributed by atoms with Crippen molar-refractivity contribution in [3.05, 3.63) is 35.4 Å². The van der Waals surface area contributed by atoms with Gasteiger partial charge in [0, 0.05) is 13.0 Å². The summed E-state index contributed by atoms with van der Waals surface area (Å²) in [5.41, 5.74) is 1.65. The average molecular weight is 259 g/mol. The Bertz CT molecular complexity index is 459. The summed E-state index contributed by atoms with van der Waals surface area (Å²) in [6.45, 7) is -0.128. The fourth-order valence-corrected chi connectivity index (χ4v) is 2.10. The number of carbonyl (C=O) groups is 1. The zero-order valence-electron chi connectivity index (χ0n) is 9.44. The van der Waals surface area contributed by atoms with Gasteiger partial charge in [-0.05, 0) is 17.5 Å². The van der Waals surface area contributed by atoms with E-state index in [4.69, 9.17) is 0 Å². The highest BCUT2D eigenvalue weighted by Gasteiger charge is 2.44. The second kappa shape index (κ2) is 4.61. The maximum atomic E-state index is 12.4. The Labute approximate surface area is 102 Å². The third-order valence-electron chi connectivity index (χ3n) is 3.01. The van der Waals surface area contributed by atoms with Gasteiger partial charge in [0.1, 0.15) is 6.23 Å². The molecule has 18 heavy (non-hydrogen) atoms. The molecule has 0 spiro atoms. The maximum Gasteiger partial charge on any atom is 0.471 e. The number of halogens is 3. The van der Waals surface area contributed by atoms with E-state index in [0.717, 1.165) is 11.1 Å². The molecule has 0 bridgehead atoms. The SMILES string of the molecule is O=C(N1CCc2ccccc2CC1O)C(F)(F)F. The van der Waals surface area contributed by atoms with Crippen LogP contribution in [0.3, 0.4) is 0 Å². The van der Waals surface area contributed by atoms with Crippen LogP contribution in [0, 0.1) is 0 Å². The summed E-state index contributed by atoms with van der Waals surface area (Å²) in [6, 6.07) is 7.09. The first kappa shape index (κ1) is 12.9. The van der Waals surface area contributed by atoms with Gasteiger partial charge < -0.3 is 10.0 Å². The van der Waals surface area contributed by atoms with Crippen LogP contribution in [0.15, 0.2) is 24.3 Å². The number of alkyl halides is 3. The topological polar surface area (TPSA) is 40.5 Å². The van der Waals surface area contributed by atoms with Gasteiger partial charge in [0.2, 0.25) is 0 Å². The molecule has 3 nitrogen and oxygen atoms in total. The number of fused-ring (bicyclic) bond motifs is 1. The minimum Gasteiger partial charge on any atom is -0.373 e. The fraction of sp³-hybridized carbons (Fsp3) is 0.417. The monoisotopic (exact) mass is 259 g/mol. The second-order valence-electron chi connectivity index (χ2n) is 4.20. The predicted octanol–water partition coefficient (Wildman–Crippen LogP) is 1.49. The number of nitrogens with zero attached hydrogens (tertiary/aromatic N) is 1. The lowest BCUT2D eigenvalue weighted by Crippen LogP contribution is -2.47. The summed E-state index contributed by atoms with van der Waals surface area (Å²) in [7, 11) is 0. The molecule has 2 rings (SSSR count). The van der Waals surface area contributed by atoms with Gasteiger partial charge in [0.25, 0.3) is 0 Å². The number of rotatable bonds is 0. The Morgan fingerprint density at radius 1 is 1.28 bits per heavy atom. The van der Waals surface area contributed by atoms with Gasteiger partial charge in [0.15, 0.2) is 0 Å². The molecule has 0 saturated heterocycles. The molecule has 6 heteroatoms. The van der Waals surface area contributed by atoms with Crippen LogP contribution in [0.1, 0.15) is 11.1 Å². The number of aliphatic hydroxyl groups is 1. The van der Waals surface area contributed by atoms with E-state index in [-0.39, 0.29) is 13.0 Å². The fourth-order valence-electron chi connectivity index (χ4n) is 2.10. The normalized spacial score (nSPS) is 20.2. The van der Waals surface area contributed by atoms with E-state index in [1.165, 1.54) is 0 Å². The molecular weight excluding hydrogens is 247 g/mol. The molecule has 1 amide bonds. The minimum absolute atomic E-state index is 0.0258. The Kier molecular flexibility index (Phi) is 3.30. The molecule has 98 valence electrons. The average Bonchev–Trinajstić information content (AvgIpc) is 2.45. The van der Waals surface area contributed by atoms with E-state index in [9.17, 15) is 23.1 Å². The molecule has 1 N–H and O–H groups in total. The van der Waals surface area contributed by atoms with E-state index in [1.807, 2.05) is 0 Å². The third-order valence-corrected chi connectivity index (χ3v) is 3.01. The van der Waals surface area contributed by atoms with Crippen LogP contribution in [-0.2, 0) is 17.6 Å². The number of hydrogen-bond acceptors (Lipinski definition) is 2. The highest BCUT2D eigenvalue weighted by molar-refractivity contribution is 5.82. The van der Waals surface area contributed by atoms with Crippen molar-refractivity contribution < 1.29 is 23.1 Å². The van der Waals surface area contributed by atoms with Gasteiger partial charge in [-0.15, -0.1) is 0 Å². The summed E-state index contributed by atoms with van der Waals surface area (Å²) in [6.07, 6.45) is -6.03. The summed E-state index contributed by atoms with van der Waals surface area (Å²) < 4.78 is 37.1. The quantitative estimate of drug-likeness (QED) is 0.767. The molecule has 1 atom stereocenters. The molecule has 1 aromatic carbocycles. The Morgan fingerprint density at radius 2 is 1.89 bits per heavy atom. The van der Waals surface area contributed by atoms with Gasteiger partial charge in [-0.3, -0.25) is 4.79 Å². The first-order valence-corrected chi connectivity index (χ1v) is 5.52. The zero-order chi connectivity index (χ0) is 13.3. The standard InChI is InChI=1S/C12H12F3NO2/c13-12(14,15)11(18)16-6-5-8-3-1-2-4-9(8)7-10(16)17/h1-4,10,17H,5-7H2. The van der Waals surface area contributed by atoms with Crippen molar-refractivity contribution in [2.75, 3.05) is 6.54 Å². The van der Waals surface area contributed by atoms with Crippen LogP contribution < -0.4 is 0 Å². The second-order valence-corrected chi connectivity index (χ2v) is 4.20. The van der Waals surface area contributed by atoms with Gasteiger partial charge in [-0.2, -0.15) is 13.2 Å². The first-order chi connectivity index (χ1) is 8.39. The van der Waals surface area contributed by atoms with Crippen LogP contribution in [0.4, 0.5) is 13.2 Å². The molecule has 0 aliphatic carbocycles. The highest BCUT2D eigenvalue weighted by Crippen LogP contribution is 2.24. The molecule has 1 aromatic rings. The molecule has 0 aromatic heterocycles. The van der Waals surface area contributed by atoms with Gasteiger partial charge in [0.05, 0.1) is 0 Å². The lowest BCUT2D eigenvalue weighted by molar-refractivity contribution is -0.194. The third kappa shape index (κ3) is 2.48. The van der Waals surface area contributed by atoms with E-state index in [2.05, 4.69) is 0 Å². The molecule has 1 unspecified atom stereocenters. The molecule has 1 aliphatic rings. The Hall–Kier alpha value is -1.56. The number of benzene rings is 1. The van der Waals surface area contributed by atoms with Crippen molar-refractivity contribution in [1.29, 1.82) is 0 Å². The van der Waals surface area contributed by atoms with Crippen LogP contribution in [0.5, 0.6) is 0 Å².